The summed E-state index contributed by atoms with van der Waals surface area (Å²) in [6, 6.07) is 2.90. The first-order valence-electron chi connectivity index (χ1n) is 6.46. The highest BCUT2D eigenvalue weighted by Gasteiger charge is 2.22. The van der Waals surface area contributed by atoms with Crippen LogP contribution >= 0.6 is 11.8 Å². The first-order valence-corrected chi connectivity index (χ1v) is 7.45. The van der Waals surface area contributed by atoms with Crippen LogP contribution in [0.5, 0.6) is 0 Å². The van der Waals surface area contributed by atoms with Crippen LogP contribution in [0, 0.1) is 0 Å². The molecular formula is C13H16N2O5S. The Bertz CT molecular complexity index is 549. The molecule has 1 aromatic heterocycles. The molecule has 2 rings (SSSR count). The van der Waals surface area contributed by atoms with Crippen LogP contribution in [0.25, 0.3) is 0 Å². The normalized spacial score (nSPS) is 15.1. The summed E-state index contributed by atoms with van der Waals surface area (Å²) in [6.07, 6.45) is 0. The highest BCUT2D eigenvalue weighted by atomic mass is 32.2. The average molecular weight is 312 g/mol. The molecule has 0 bridgehead atoms. The number of hydrogen-bond donors (Lipinski definition) is 1. The second-order valence-electron chi connectivity index (χ2n) is 4.60. The van der Waals surface area contributed by atoms with Crippen LogP contribution in [-0.4, -0.2) is 64.6 Å². The van der Waals surface area contributed by atoms with Gasteiger partial charge in [-0.2, -0.15) is 0 Å². The minimum absolute atomic E-state index is 0.0215. The summed E-state index contributed by atoms with van der Waals surface area (Å²) in [6.45, 7) is 3.67. The van der Waals surface area contributed by atoms with Crippen LogP contribution in [0.2, 0.25) is 0 Å². The van der Waals surface area contributed by atoms with E-state index in [0.717, 1.165) is 0 Å². The van der Waals surface area contributed by atoms with Gasteiger partial charge in [0.2, 0.25) is 17.6 Å². The van der Waals surface area contributed by atoms with Gasteiger partial charge in [-0.3, -0.25) is 9.59 Å². The number of aromatic carboxylic acids is 1. The standard InChI is InChI=1S/C13H16N2O5S/c1-9(16)14-4-6-15(7-5-14)11(17)8-21-12-3-2-10(20-12)13(18)19/h2-3H,4-8H2,1H3,(H,18,19). The maximum absolute atomic E-state index is 12.0. The number of thioether (sulfide) groups is 1. The fourth-order valence-electron chi connectivity index (χ4n) is 2.01. The molecule has 1 aliphatic rings. The van der Waals surface area contributed by atoms with Gasteiger partial charge in [0, 0.05) is 33.1 Å². The molecule has 1 aromatic rings. The number of carbonyl (C=O) groups is 3. The van der Waals surface area contributed by atoms with Crippen LogP contribution in [0.15, 0.2) is 21.6 Å². The largest absolute Gasteiger partial charge is 0.475 e. The van der Waals surface area contributed by atoms with Crippen LogP contribution in [-0.2, 0) is 9.59 Å². The Balaban J connectivity index is 1.79. The molecule has 0 aromatic carbocycles. The SMILES string of the molecule is CC(=O)N1CCN(C(=O)CSc2ccc(C(=O)O)o2)CC1. The van der Waals surface area contributed by atoms with Crippen molar-refractivity contribution in [3.05, 3.63) is 17.9 Å². The Morgan fingerprint density at radius 3 is 2.33 bits per heavy atom. The minimum Gasteiger partial charge on any atom is -0.475 e. The van der Waals surface area contributed by atoms with E-state index in [1.54, 1.807) is 9.80 Å². The first kappa shape index (κ1) is 15.4. The highest BCUT2D eigenvalue weighted by molar-refractivity contribution is 7.99. The van der Waals surface area contributed by atoms with Crippen LogP contribution in [0.4, 0.5) is 0 Å². The third kappa shape index (κ3) is 4.01. The van der Waals surface area contributed by atoms with Crippen molar-refractivity contribution in [1.82, 2.24) is 9.80 Å². The van der Waals surface area contributed by atoms with Crippen molar-refractivity contribution in [3.63, 3.8) is 0 Å². The van der Waals surface area contributed by atoms with E-state index in [0.29, 0.717) is 31.3 Å². The maximum Gasteiger partial charge on any atom is 0.371 e. The van der Waals surface area contributed by atoms with Crippen molar-refractivity contribution in [1.29, 1.82) is 0 Å². The zero-order valence-electron chi connectivity index (χ0n) is 11.6. The van der Waals surface area contributed by atoms with E-state index in [4.69, 9.17) is 9.52 Å². The van der Waals surface area contributed by atoms with Crippen molar-refractivity contribution >= 4 is 29.5 Å². The van der Waals surface area contributed by atoms with Gasteiger partial charge in [-0.05, 0) is 12.1 Å². The molecule has 2 amide bonds. The second kappa shape index (κ2) is 6.66. The fraction of sp³-hybridized carbons (Fsp3) is 0.462. The molecule has 114 valence electrons. The second-order valence-corrected chi connectivity index (χ2v) is 5.58. The van der Waals surface area contributed by atoms with Gasteiger partial charge in [0.25, 0.3) is 0 Å². The number of piperazine rings is 1. The zero-order chi connectivity index (χ0) is 15.4. The van der Waals surface area contributed by atoms with Gasteiger partial charge in [0.05, 0.1) is 5.75 Å². The van der Waals surface area contributed by atoms with E-state index in [2.05, 4.69) is 0 Å². The van der Waals surface area contributed by atoms with E-state index in [9.17, 15) is 14.4 Å². The summed E-state index contributed by atoms with van der Waals surface area (Å²) < 4.78 is 5.07. The van der Waals surface area contributed by atoms with Crippen LogP contribution < -0.4 is 0 Å². The Hall–Kier alpha value is -1.96. The lowest BCUT2D eigenvalue weighted by molar-refractivity contribution is -0.136. The van der Waals surface area contributed by atoms with E-state index in [1.807, 2.05) is 0 Å². The maximum atomic E-state index is 12.0. The number of nitrogens with zero attached hydrogens (tertiary/aromatic N) is 2. The van der Waals surface area contributed by atoms with Crippen LogP contribution in [0.3, 0.4) is 0 Å². The van der Waals surface area contributed by atoms with Gasteiger partial charge >= 0.3 is 5.97 Å². The van der Waals surface area contributed by atoms with Gasteiger partial charge in [-0.25, -0.2) is 4.79 Å². The third-order valence-corrected chi connectivity index (χ3v) is 4.10. The monoisotopic (exact) mass is 312 g/mol. The summed E-state index contributed by atoms with van der Waals surface area (Å²) >= 11 is 1.17. The molecule has 8 heteroatoms. The summed E-state index contributed by atoms with van der Waals surface area (Å²) in [5.74, 6) is -1.11. The molecule has 1 fully saturated rings. The third-order valence-electron chi connectivity index (χ3n) is 3.21. The summed E-state index contributed by atoms with van der Waals surface area (Å²) in [7, 11) is 0. The molecule has 7 nitrogen and oxygen atoms in total. The fourth-order valence-corrected chi connectivity index (χ4v) is 2.77. The van der Waals surface area contributed by atoms with Gasteiger partial charge in [0.1, 0.15) is 0 Å². The van der Waals surface area contributed by atoms with Crippen molar-refractivity contribution in [2.24, 2.45) is 0 Å². The first-order chi connectivity index (χ1) is 9.97. The van der Waals surface area contributed by atoms with Crippen LogP contribution in [0.1, 0.15) is 17.5 Å². The van der Waals surface area contributed by atoms with E-state index < -0.39 is 5.97 Å². The summed E-state index contributed by atoms with van der Waals surface area (Å²) in [4.78, 5) is 37.3. The molecule has 0 spiro atoms. The van der Waals surface area contributed by atoms with Crippen molar-refractivity contribution < 1.29 is 23.9 Å². The Morgan fingerprint density at radius 2 is 1.81 bits per heavy atom. The number of furan rings is 1. The van der Waals surface area contributed by atoms with E-state index in [1.165, 1.54) is 30.8 Å². The lowest BCUT2D eigenvalue weighted by Crippen LogP contribution is -2.50. The minimum atomic E-state index is -1.13. The molecule has 1 saturated heterocycles. The molecule has 0 saturated carbocycles. The lowest BCUT2D eigenvalue weighted by atomic mass is 10.3. The van der Waals surface area contributed by atoms with E-state index >= 15 is 0 Å². The van der Waals surface area contributed by atoms with Gasteiger partial charge in [-0.15, -0.1) is 0 Å². The van der Waals surface area contributed by atoms with Gasteiger partial charge < -0.3 is 19.3 Å². The smallest absolute Gasteiger partial charge is 0.371 e. The average Bonchev–Trinajstić information content (AvgIpc) is 2.94. The topological polar surface area (TPSA) is 91.1 Å². The lowest BCUT2D eigenvalue weighted by Gasteiger charge is -2.34. The Kier molecular flexibility index (Phi) is 4.89. The van der Waals surface area contributed by atoms with Crippen molar-refractivity contribution in [2.45, 2.75) is 12.0 Å². The number of rotatable bonds is 4. The number of amides is 2. The number of hydrogen-bond acceptors (Lipinski definition) is 5. The number of carboxylic acid groups (broad SMARTS) is 1. The summed E-state index contributed by atoms with van der Waals surface area (Å²) in [5, 5.41) is 9.14. The molecule has 1 aliphatic heterocycles. The molecule has 0 radical (unpaired) electrons. The predicted molar refractivity (Wildman–Crippen MR) is 75.2 cm³/mol. The molecule has 0 aliphatic carbocycles. The van der Waals surface area contributed by atoms with Gasteiger partial charge in [0.15, 0.2) is 5.09 Å². The van der Waals surface area contributed by atoms with Crippen molar-refractivity contribution in [3.8, 4) is 0 Å². The molecular weight excluding hydrogens is 296 g/mol. The molecule has 21 heavy (non-hydrogen) atoms. The molecule has 1 N–H and O–H groups in total. The van der Waals surface area contributed by atoms with Gasteiger partial charge in [-0.1, -0.05) is 11.8 Å². The number of carboxylic acids is 1. The zero-order valence-corrected chi connectivity index (χ0v) is 12.4. The molecule has 0 unspecified atom stereocenters. The Morgan fingerprint density at radius 1 is 1.19 bits per heavy atom. The number of carbonyl (C=O) groups excluding carboxylic acids is 2. The quantitative estimate of drug-likeness (QED) is 0.825. The molecule has 2 heterocycles. The van der Waals surface area contributed by atoms with Crippen molar-refractivity contribution in [2.75, 3.05) is 31.9 Å². The Labute approximate surface area is 125 Å². The summed E-state index contributed by atoms with van der Waals surface area (Å²) in [5.41, 5.74) is 0. The predicted octanol–water partition coefficient (Wildman–Crippen LogP) is 0.761. The highest BCUT2D eigenvalue weighted by Crippen LogP contribution is 2.21. The molecule has 0 atom stereocenters. The van der Waals surface area contributed by atoms with E-state index in [-0.39, 0.29) is 23.3 Å².